The summed E-state index contributed by atoms with van der Waals surface area (Å²) in [5.41, 5.74) is 0.277. The van der Waals surface area contributed by atoms with Crippen molar-refractivity contribution >= 4 is 0 Å². The maximum Gasteiger partial charge on any atom is 0.260 e. The first-order valence-electron chi connectivity index (χ1n) is 5.55. The Labute approximate surface area is 104 Å². The molecule has 1 N–H and O–H groups in total. The number of rotatable bonds is 5. The quantitative estimate of drug-likeness (QED) is 0.875. The van der Waals surface area contributed by atoms with Crippen molar-refractivity contribution in [3.63, 3.8) is 0 Å². The zero-order valence-electron chi connectivity index (χ0n) is 10.2. The van der Waals surface area contributed by atoms with Gasteiger partial charge in [0.1, 0.15) is 11.6 Å². The third-order valence-corrected chi connectivity index (χ3v) is 2.47. The molecule has 0 unspecified atom stereocenters. The van der Waals surface area contributed by atoms with E-state index in [2.05, 4.69) is 15.5 Å². The summed E-state index contributed by atoms with van der Waals surface area (Å²) in [6, 6.07) is 4.49. The molecule has 0 saturated heterocycles. The number of halogens is 1. The van der Waals surface area contributed by atoms with Crippen molar-refractivity contribution in [3.8, 4) is 17.2 Å². The van der Waals surface area contributed by atoms with Gasteiger partial charge in [-0.2, -0.15) is 4.98 Å². The third-order valence-electron chi connectivity index (χ3n) is 2.47. The summed E-state index contributed by atoms with van der Waals surface area (Å²) >= 11 is 0. The largest absolute Gasteiger partial charge is 0.497 e. The molecule has 0 aliphatic rings. The average Bonchev–Trinajstić information content (AvgIpc) is 2.84. The number of benzene rings is 1. The van der Waals surface area contributed by atoms with E-state index in [0.717, 1.165) is 6.54 Å². The molecule has 0 fully saturated rings. The van der Waals surface area contributed by atoms with Gasteiger partial charge in [-0.05, 0) is 19.2 Å². The molecule has 6 heteroatoms. The number of hydrogen-bond donors (Lipinski definition) is 1. The predicted molar refractivity (Wildman–Crippen MR) is 63.9 cm³/mol. The first-order valence-corrected chi connectivity index (χ1v) is 5.55. The van der Waals surface area contributed by atoms with Crippen molar-refractivity contribution in [1.29, 1.82) is 0 Å². The van der Waals surface area contributed by atoms with Crippen molar-refractivity contribution in [2.24, 2.45) is 0 Å². The number of methoxy groups -OCH3 is 1. The van der Waals surface area contributed by atoms with E-state index < -0.39 is 5.82 Å². The lowest BCUT2D eigenvalue weighted by Crippen LogP contribution is -2.11. The van der Waals surface area contributed by atoms with Gasteiger partial charge in [-0.3, -0.25) is 0 Å². The van der Waals surface area contributed by atoms with Crippen LogP contribution in [0.3, 0.4) is 0 Å². The van der Waals surface area contributed by atoms with Crippen LogP contribution < -0.4 is 10.1 Å². The lowest BCUT2D eigenvalue weighted by Gasteiger charge is -2.01. The second-order valence-electron chi connectivity index (χ2n) is 3.72. The maximum absolute atomic E-state index is 13.8. The van der Waals surface area contributed by atoms with Crippen LogP contribution in [0.5, 0.6) is 5.75 Å². The van der Waals surface area contributed by atoms with Gasteiger partial charge < -0.3 is 14.6 Å². The summed E-state index contributed by atoms with van der Waals surface area (Å²) in [7, 11) is 3.32. The van der Waals surface area contributed by atoms with Crippen LogP contribution in [0.2, 0.25) is 0 Å². The van der Waals surface area contributed by atoms with Crippen LogP contribution >= 0.6 is 0 Å². The normalized spacial score (nSPS) is 10.6. The van der Waals surface area contributed by atoms with E-state index in [-0.39, 0.29) is 11.5 Å². The number of likely N-dealkylation sites (N-methyl/N-ethyl adjacent to an activating group) is 1. The summed E-state index contributed by atoms with van der Waals surface area (Å²) in [4.78, 5) is 4.14. The van der Waals surface area contributed by atoms with Gasteiger partial charge in [0.15, 0.2) is 5.82 Å². The highest BCUT2D eigenvalue weighted by atomic mass is 19.1. The molecular weight excluding hydrogens is 237 g/mol. The number of nitrogens with zero attached hydrogens (tertiary/aromatic N) is 2. The van der Waals surface area contributed by atoms with Gasteiger partial charge in [0.2, 0.25) is 0 Å². The molecule has 1 heterocycles. The Kier molecular flexibility index (Phi) is 3.88. The molecular formula is C12H14FN3O2. The van der Waals surface area contributed by atoms with Crippen LogP contribution in [0, 0.1) is 5.82 Å². The van der Waals surface area contributed by atoms with Crippen molar-refractivity contribution in [3.05, 3.63) is 29.8 Å². The molecule has 2 aromatic rings. The predicted octanol–water partition coefficient (Wildman–Crippen LogP) is 1.65. The molecule has 0 atom stereocenters. The van der Waals surface area contributed by atoms with E-state index in [1.165, 1.54) is 13.2 Å². The third kappa shape index (κ3) is 2.65. The second kappa shape index (κ2) is 5.59. The second-order valence-corrected chi connectivity index (χ2v) is 3.72. The highest BCUT2D eigenvalue weighted by Crippen LogP contribution is 2.24. The smallest absolute Gasteiger partial charge is 0.260 e. The maximum atomic E-state index is 13.8. The van der Waals surface area contributed by atoms with Crippen LogP contribution in [0.25, 0.3) is 11.5 Å². The van der Waals surface area contributed by atoms with Crippen LogP contribution in [0.1, 0.15) is 5.82 Å². The van der Waals surface area contributed by atoms with Gasteiger partial charge in [0.25, 0.3) is 5.89 Å². The lowest BCUT2D eigenvalue weighted by atomic mass is 10.2. The zero-order valence-corrected chi connectivity index (χ0v) is 10.2. The molecule has 2 rings (SSSR count). The Bertz CT molecular complexity index is 528. The molecule has 0 bridgehead atoms. The van der Waals surface area contributed by atoms with Crippen molar-refractivity contribution in [1.82, 2.24) is 15.5 Å². The molecule has 0 spiro atoms. The van der Waals surface area contributed by atoms with Gasteiger partial charge in [0, 0.05) is 19.0 Å². The Hall–Kier alpha value is -1.95. The Morgan fingerprint density at radius 1 is 1.44 bits per heavy atom. The molecule has 1 aromatic heterocycles. The average molecular weight is 251 g/mol. The minimum atomic E-state index is -0.446. The first kappa shape index (κ1) is 12.5. The topological polar surface area (TPSA) is 60.2 Å². The van der Waals surface area contributed by atoms with Gasteiger partial charge >= 0.3 is 0 Å². The van der Waals surface area contributed by atoms with Crippen LogP contribution in [-0.2, 0) is 6.42 Å². The van der Waals surface area contributed by atoms with Gasteiger partial charge in [-0.25, -0.2) is 4.39 Å². The van der Waals surface area contributed by atoms with E-state index in [1.54, 1.807) is 12.1 Å². The number of aromatic nitrogens is 2. The fourth-order valence-electron chi connectivity index (χ4n) is 1.50. The molecule has 0 amide bonds. The highest BCUT2D eigenvalue weighted by molar-refractivity contribution is 5.55. The number of hydrogen-bond acceptors (Lipinski definition) is 5. The van der Waals surface area contributed by atoms with Crippen molar-refractivity contribution in [2.45, 2.75) is 6.42 Å². The van der Waals surface area contributed by atoms with Gasteiger partial charge in [0.05, 0.1) is 12.7 Å². The standard InChI is InChI=1S/C12H14FN3O2/c1-14-6-5-11-15-12(18-16-11)9-4-3-8(17-2)7-10(9)13/h3-4,7,14H,5-6H2,1-2H3. The van der Waals surface area contributed by atoms with Gasteiger partial charge in [-0.15, -0.1) is 0 Å². The van der Waals surface area contributed by atoms with E-state index in [9.17, 15) is 4.39 Å². The fraction of sp³-hybridized carbons (Fsp3) is 0.333. The number of ether oxygens (including phenoxy) is 1. The molecule has 0 aliphatic heterocycles. The van der Waals surface area contributed by atoms with E-state index >= 15 is 0 Å². The van der Waals surface area contributed by atoms with Crippen LogP contribution in [0.15, 0.2) is 22.7 Å². The molecule has 0 saturated carbocycles. The zero-order chi connectivity index (χ0) is 13.0. The molecule has 0 radical (unpaired) electrons. The lowest BCUT2D eigenvalue weighted by molar-refractivity contribution is 0.409. The SMILES string of the molecule is CNCCc1noc(-c2ccc(OC)cc2F)n1. The first-order chi connectivity index (χ1) is 8.74. The monoisotopic (exact) mass is 251 g/mol. The number of nitrogens with one attached hydrogen (secondary N) is 1. The van der Waals surface area contributed by atoms with Crippen LogP contribution in [-0.4, -0.2) is 30.8 Å². The molecule has 18 heavy (non-hydrogen) atoms. The fourth-order valence-corrected chi connectivity index (χ4v) is 1.50. The minimum absolute atomic E-state index is 0.182. The molecule has 1 aromatic carbocycles. The van der Waals surface area contributed by atoms with Crippen molar-refractivity contribution < 1.29 is 13.7 Å². The highest BCUT2D eigenvalue weighted by Gasteiger charge is 2.13. The van der Waals surface area contributed by atoms with Crippen LogP contribution in [0.4, 0.5) is 4.39 Å². The summed E-state index contributed by atoms with van der Waals surface area (Å²) in [5.74, 6) is 0.736. The Balaban J connectivity index is 2.23. The molecule has 0 aliphatic carbocycles. The summed E-state index contributed by atoms with van der Waals surface area (Å²) < 4.78 is 23.7. The van der Waals surface area contributed by atoms with Crippen molar-refractivity contribution in [2.75, 3.05) is 20.7 Å². The van der Waals surface area contributed by atoms with E-state index in [0.29, 0.717) is 18.0 Å². The Morgan fingerprint density at radius 2 is 2.28 bits per heavy atom. The molecule has 5 nitrogen and oxygen atoms in total. The minimum Gasteiger partial charge on any atom is -0.497 e. The summed E-state index contributed by atoms with van der Waals surface area (Å²) in [6.45, 7) is 0.740. The van der Waals surface area contributed by atoms with E-state index in [4.69, 9.17) is 9.26 Å². The Morgan fingerprint density at radius 3 is 2.94 bits per heavy atom. The summed E-state index contributed by atoms with van der Waals surface area (Å²) in [6.07, 6.45) is 0.637. The van der Waals surface area contributed by atoms with Gasteiger partial charge in [-0.1, -0.05) is 5.16 Å². The molecule has 96 valence electrons. The van der Waals surface area contributed by atoms with E-state index in [1.807, 2.05) is 7.05 Å². The summed E-state index contributed by atoms with van der Waals surface area (Å²) in [5, 5.41) is 6.77.